The Bertz CT molecular complexity index is 568. The quantitative estimate of drug-likeness (QED) is 0.782. The Balaban J connectivity index is 1.81. The van der Waals surface area contributed by atoms with Gasteiger partial charge in [0.2, 0.25) is 0 Å². The number of benzene rings is 1. The van der Waals surface area contributed by atoms with Gasteiger partial charge in [-0.2, -0.15) is 0 Å². The van der Waals surface area contributed by atoms with E-state index in [2.05, 4.69) is 43.9 Å². The molecule has 0 bridgehead atoms. The summed E-state index contributed by atoms with van der Waals surface area (Å²) in [7, 11) is 0. The van der Waals surface area contributed by atoms with E-state index in [0.717, 1.165) is 23.7 Å². The van der Waals surface area contributed by atoms with Gasteiger partial charge in [-0.3, -0.25) is 0 Å². The molecular weight excluding hydrogens is 264 g/mol. The first-order valence-electron chi connectivity index (χ1n) is 7.40. The lowest BCUT2D eigenvalue weighted by atomic mass is 9.82. The molecule has 0 saturated heterocycles. The first-order chi connectivity index (χ1) is 9.59. The highest BCUT2D eigenvalue weighted by Crippen LogP contribution is 2.47. The van der Waals surface area contributed by atoms with Crippen molar-refractivity contribution in [2.75, 3.05) is 5.32 Å². The number of aliphatic imine (C=N–C) groups is 1. The summed E-state index contributed by atoms with van der Waals surface area (Å²) in [6, 6.07) is 6.48. The number of aryl methyl sites for hydroxylation is 2. The minimum Gasteiger partial charge on any atom is -0.334 e. The van der Waals surface area contributed by atoms with E-state index in [1.165, 1.54) is 35.3 Å². The highest BCUT2D eigenvalue weighted by Gasteiger charge is 2.40. The number of thioether (sulfide) groups is 1. The summed E-state index contributed by atoms with van der Waals surface area (Å²) in [5.74, 6) is 0. The van der Waals surface area contributed by atoms with Crippen molar-refractivity contribution in [2.45, 2.75) is 51.5 Å². The molecule has 1 heterocycles. The number of rotatable bonds is 1. The zero-order chi connectivity index (χ0) is 14.2. The maximum absolute atomic E-state index is 4.99. The standard InChI is InChI=1S/C17H22N2S/c1-12-7-8-15(13(2)11-12)18-16-19-17(14(3)20-16)9-5-4-6-10-17/h7-8,11H,3-6,9-10H2,1-2H3,(H,18,19). The minimum atomic E-state index is 0.0177. The van der Waals surface area contributed by atoms with Crippen molar-refractivity contribution >= 4 is 22.6 Å². The molecule has 1 aliphatic heterocycles. The molecular formula is C17H22N2S. The third kappa shape index (κ3) is 2.51. The van der Waals surface area contributed by atoms with Crippen molar-refractivity contribution in [1.29, 1.82) is 0 Å². The lowest BCUT2D eigenvalue weighted by Crippen LogP contribution is -2.28. The smallest absolute Gasteiger partial charge is 0.166 e. The summed E-state index contributed by atoms with van der Waals surface area (Å²) >= 11 is 1.72. The van der Waals surface area contributed by atoms with Crippen LogP contribution in [0.1, 0.15) is 43.2 Å². The van der Waals surface area contributed by atoms with Gasteiger partial charge in [-0.05, 0) is 38.3 Å². The fourth-order valence-electron chi connectivity index (χ4n) is 3.14. The summed E-state index contributed by atoms with van der Waals surface area (Å²) in [5, 5.41) is 4.51. The zero-order valence-electron chi connectivity index (χ0n) is 12.3. The number of nitrogens with one attached hydrogen (secondary N) is 1. The average Bonchev–Trinajstić information content (AvgIpc) is 2.70. The van der Waals surface area contributed by atoms with Crippen LogP contribution in [0.15, 0.2) is 34.7 Å². The molecule has 3 heteroatoms. The fourth-order valence-corrected chi connectivity index (χ4v) is 4.20. The summed E-state index contributed by atoms with van der Waals surface area (Å²) in [4.78, 5) is 6.21. The van der Waals surface area contributed by atoms with Crippen LogP contribution in [0.4, 0.5) is 5.69 Å². The van der Waals surface area contributed by atoms with E-state index in [1.807, 2.05) is 0 Å². The fraction of sp³-hybridized carbons (Fsp3) is 0.471. The molecule has 0 unspecified atom stereocenters. The Morgan fingerprint density at radius 2 is 1.95 bits per heavy atom. The van der Waals surface area contributed by atoms with Crippen molar-refractivity contribution in [2.24, 2.45) is 4.99 Å². The van der Waals surface area contributed by atoms with Crippen LogP contribution in [-0.4, -0.2) is 10.7 Å². The topological polar surface area (TPSA) is 24.4 Å². The van der Waals surface area contributed by atoms with Crippen LogP contribution >= 0.6 is 11.8 Å². The van der Waals surface area contributed by atoms with Crippen molar-refractivity contribution in [3.8, 4) is 0 Å². The van der Waals surface area contributed by atoms with Crippen LogP contribution in [0.25, 0.3) is 0 Å². The van der Waals surface area contributed by atoms with Crippen LogP contribution in [0.3, 0.4) is 0 Å². The molecule has 0 amide bonds. The number of amidine groups is 1. The molecule has 1 fully saturated rings. The Morgan fingerprint density at radius 1 is 1.20 bits per heavy atom. The number of hydrogen-bond acceptors (Lipinski definition) is 3. The summed E-state index contributed by atoms with van der Waals surface area (Å²) < 4.78 is 0. The number of hydrogen-bond donors (Lipinski definition) is 1. The van der Waals surface area contributed by atoms with Crippen LogP contribution in [0, 0.1) is 13.8 Å². The first-order valence-corrected chi connectivity index (χ1v) is 8.22. The normalized spacial score (nSPS) is 21.1. The minimum absolute atomic E-state index is 0.0177. The van der Waals surface area contributed by atoms with Gasteiger partial charge >= 0.3 is 0 Å². The molecule has 1 aromatic carbocycles. The van der Waals surface area contributed by atoms with E-state index in [-0.39, 0.29) is 5.54 Å². The van der Waals surface area contributed by atoms with Gasteiger partial charge in [0.25, 0.3) is 0 Å². The highest BCUT2D eigenvalue weighted by molar-refractivity contribution is 8.17. The molecule has 0 aromatic heterocycles. The molecule has 1 aromatic rings. The molecule has 1 saturated carbocycles. The lowest BCUT2D eigenvalue weighted by Gasteiger charge is -2.30. The molecule has 1 aliphatic carbocycles. The summed E-state index contributed by atoms with van der Waals surface area (Å²) in [6.07, 6.45) is 6.22. The third-order valence-corrected chi connectivity index (χ3v) is 5.37. The van der Waals surface area contributed by atoms with Crippen molar-refractivity contribution < 1.29 is 0 Å². The molecule has 106 valence electrons. The zero-order valence-corrected chi connectivity index (χ0v) is 13.1. The van der Waals surface area contributed by atoms with E-state index >= 15 is 0 Å². The molecule has 0 radical (unpaired) electrons. The second-order valence-electron chi connectivity index (χ2n) is 5.98. The predicted octanol–water partition coefficient (Wildman–Crippen LogP) is 5.03. The molecule has 2 nitrogen and oxygen atoms in total. The van der Waals surface area contributed by atoms with Crippen LogP contribution in [-0.2, 0) is 0 Å². The monoisotopic (exact) mass is 286 g/mol. The SMILES string of the molecule is C=C1SC(Nc2ccc(C)cc2C)=NC12CCCCC2. The molecule has 1 N–H and O–H groups in total. The van der Waals surface area contributed by atoms with E-state index in [4.69, 9.17) is 4.99 Å². The Labute approximate surface area is 125 Å². The Morgan fingerprint density at radius 3 is 2.65 bits per heavy atom. The van der Waals surface area contributed by atoms with Crippen LogP contribution < -0.4 is 5.32 Å². The van der Waals surface area contributed by atoms with Crippen molar-refractivity contribution in [3.63, 3.8) is 0 Å². The van der Waals surface area contributed by atoms with Gasteiger partial charge in [0, 0.05) is 10.6 Å². The Hall–Kier alpha value is -1.22. The molecule has 2 aliphatic rings. The van der Waals surface area contributed by atoms with Gasteiger partial charge < -0.3 is 5.32 Å². The third-order valence-electron chi connectivity index (χ3n) is 4.36. The molecule has 20 heavy (non-hydrogen) atoms. The number of nitrogens with zero attached hydrogens (tertiary/aromatic N) is 1. The van der Waals surface area contributed by atoms with E-state index in [9.17, 15) is 0 Å². The molecule has 1 spiro atoms. The second kappa shape index (κ2) is 5.28. The highest BCUT2D eigenvalue weighted by atomic mass is 32.2. The number of anilines is 1. The van der Waals surface area contributed by atoms with Gasteiger partial charge in [0.15, 0.2) is 5.17 Å². The van der Waals surface area contributed by atoms with Crippen molar-refractivity contribution in [3.05, 3.63) is 40.8 Å². The maximum Gasteiger partial charge on any atom is 0.166 e. The van der Waals surface area contributed by atoms with Gasteiger partial charge in [0.05, 0.1) is 5.54 Å². The van der Waals surface area contributed by atoms with Crippen LogP contribution in [0.5, 0.6) is 0 Å². The lowest BCUT2D eigenvalue weighted by molar-refractivity contribution is 0.360. The maximum atomic E-state index is 4.99. The van der Waals surface area contributed by atoms with E-state index in [1.54, 1.807) is 11.8 Å². The predicted molar refractivity (Wildman–Crippen MR) is 89.5 cm³/mol. The molecule has 3 rings (SSSR count). The summed E-state index contributed by atoms with van der Waals surface area (Å²) in [6.45, 7) is 8.53. The first kappa shape index (κ1) is 13.7. The van der Waals surface area contributed by atoms with Gasteiger partial charge in [-0.25, -0.2) is 4.99 Å². The van der Waals surface area contributed by atoms with Crippen molar-refractivity contribution in [1.82, 2.24) is 0 Å². The largest absolute Gasteiger partial charge is 0.334 e. The Kier molecular flexibility index (Phi) is 3.63. The van der Waals surface area contributed by atoms with Gasteiger partial charge in [-0.1, -0.05) is 55.3 Å². The molecule has 0 atom stereocenters. The van der Waals surface area contributed by atoms with Gasteiger partial charge in [0.1, 0.15) is 0 Å². The summed E-state index contributed by atoms with van der Waals surface area (Å²) in [5.41, 5.74) is 3.73. The van der Waals surface area contributed by atoms with Crippen LogP contribution in [0.2, 0.25) is 0 Å². The van der Waals surface area contributed by atoms with E-state index in [0.29, 0.717) is 0 Å². The average molecular weight is 286 g/mol. The van der Waals surface area contributed by atoms with Gasteiger partial charge in [-0.15, -0.1) is 0 Å². The second-order valence-corrected chi connectivity index (χ2v) is 7.06. The van der Waals surface area contributed by atoms with E-state index < -0.39 is 0 Å².